The lowest BCUT2D eigenvalue weighted by Crippen LogP contribution is -2.33. The topological polar surface area (TPSA) is 33.3 Å². The van der Waals surface area contributed by atoms with Crippen molar-refractivity contribution in [1.82, 2.24) is 5.32 Å². The molecule has 0 saturated heterocycles. The number of ether oxygens (including phenoxy) is 1. The summed E-state index contributed by atoms with van der Waals surface area (Å²) < 4.78 is 43.0. The molecule has 0 unspecified atom stereocenters. The van der Waals surface area contributed by atoms with Gasteiger partial charge in [0, 0.05) is 0 Å². The molecule has 3 aromatic rings. The Labute approximate surface area is 166 Å². The number of nitrogens with one attached hydrogen (secondary N) is 2. The first-order chi connectivity index (χ1) is 13.5. The summed E-state index contributed by atoms with van der Waals surface area (Å²) in [5.41, 5.74) is 1.95. The van der Waals surface area contributed by atoms with Crippen molar-refractivity contribution < 1.29 is 17.9 Å². The molecule has 3 rings (SSSR count). The van der Waals surface area contributed by atoms with E-state index in [0.717, 1.165) is 11.1 Å². The van der Waals surface area contributed by atoms with Gasteiger partial charge in [-0.25, -0.2) is 4.39 Å². The van der Waals surface area contributed by atoms with Crippen molar-refractivity contribution in [3.63, 3.8) is 0 Å². The highest BCUT2D eigenvalue weighted by Crippen LogP contribution is 2.25. The summed E-state index contributed by atoms with van der Waals surface area (Å²) in [6, 6.07) is 21.6. The monoisotopic (exact) mass is 402 g/mol. The fraction of sp³-hybridized carbons (Fsp3) is 0.0952. The smallest absolute Gasteiger partial charge is 0.387 e. The second kappa shape index (κ2) is 9.23. The second-order valence-electron chi connectivity index (χ2n) is 5.87. The largest absolute Gasteiger partial charge is 0.435 e. The maximum absolute atomic E-state index is 13.9. The molecule has 0 heterocycles. The van der Waals surface area contributed by atoms with Crippen molar-refractivity contribution in [2.24, 2.45) is 0 Å². The number of para-hydroxylation sites is 1. The third-order valence-corrected chi connectivity index (χ3v) is 4.19. The minimum atomic E-state index is -2.88. The highest BCUT2D eigenvalue weighted by atomic mass is 32.1. The number of hydrogen-bond donors (Lipinski definition) is 2. The van der Waals surface area contributed by atoms with Gasteiger partial charge in [0.2, 0.25) is 0 Å². The van der Waals surface area contributed by atoms with E-state index in [1.807, 2.05) is 30.3 Å². The maximum atomic E-state index is 13.9. The molecule has 0 aliphatic heterocycles. The van der Waals surface area contributed by atoms with Gasteiger partial charge >= 0.3 is 6.61 Å². The molecule has 3 nitrogen and oxygen atoms in total. The van der Waals surface area contributed by atoms with Gasteiger partial charge in [0.05, 0.1) is 11.7 Å². The van der Waals surface area contributed by atoms with E-state index in [-0.39, 0.29) is 22.6 Å². The van der Waals surface area contributed by atoms with Crippen molar-refractivity contribution in [3.05, 3.63) is 95.8 Å². The van der Waals surface area contributed by atoms with Crippen molar-refractivity contribution in [2.75, 3.05) is 5.32 Å². The molecule has 28 heavy (non-hydrogen) atoms. The first kappa shape index (κ1) is 19.7. The van der Waals surface area contributed by atoms with E-state index in [0.29, 0.717) is 0 Å². The first-order valence-corrected chi connectivity index (χ1v) is 8.85. The molecule has 3 aromatic carbocycles. The number of rotatable bonds is 6. The average molecular weight is 402 g/mol. The van der Waals surface area contributed by atoms with Crippen molar-refractivity contribution in [2.45, 2.75) is 12.7 Å². The predicted molar refractivity (Wildman–Crippen MR) is 107 cm³/mol. The van der Waals surface area contributed by atoms with Gasteiger partial charge in [-0.15, -0.1) is 0 Å². The van der Waals surface area contributed by atoms with E-state index >= 15 is 0 Å². The quantitative estimate of drug-likeness (QED) is 0.533. The summed E-state index contributed by atoms with van der Waals surface area (Å²) >= 11 is 5.34. The Morgan fingerprint density at radius 1 is 0.821 bits per heavy atom. The van der Waals surface area contributed by atoms with E-state index in [2.05, 4.69) is 15.4 Å². The molecule has 2 N–H and O–H groups in total. The number of anilines is 1. The molecule has 0 bridgehead atoms. The van der Waals surface area contributed by atoms with Gasteiger partial charge in [-0.05, 0) is 47.6 Å². The Balaban J connectivity index is 1.82. The van der Waals surface area contributed by atoms with Gasteiger partial charge in [-0.2, -0.15) is 8.78 Å². The van der Waals surface area contributed by atoms with Gasteiger partial charge in [0.15, 0.2) is 5.11 Å². The standard InChI is InChI=1S/C21H17F3N2OS/c22-17-8-4-5-9-18(17)25-21(28)26-19(14-6-2-1-3-7-14)15-10-12-16(13-11-15)27-20(23)24/h1-13,19-20H,(H2,25,26,28)/t19-/m0/s1. The lowest BCUT2D eigenvalue weighted by Gasteiger charge is -2.22. The van der Waals surface area contributed by atoms with E-state index in [1.165, 1.54) is 18.2 Å². The van der Waals surface area contributed by atoms with E-state index < -0.39 is 12.4 Å². The molecule has 0 aliphatic rings. The van der Waals surface area contributed by atoms with Crippen LogP contribution in [0, 0.1) is 5.82 Å². The zero-order valence-electron chi connectivity index (χ0n) is 14.6. The van der Waals surface area contributed by atoms with Gasteiger partial charge < -0.3 is 15.4 Å². The molecule has 144 valence electrons. The lowest BCUT2D eigenvalue weighted by atomic mass is 9.99. The molecule has 0 spiro atoms. The minimum Gasteiger partial charge on any atom is -0.435 e. The van der Waals surface area contributed by atoms with E-state index in [1.54, 1.807) is 30.3 Å². The number of thiocarbonyl (C=S) groups is 1. The van der Waals surface area contributed by atoms with Gasteiger partial charge in [0.1, 0.15) is 11.6 Å². The Bertz CT molecular complexity index is 920. The molecule has 0 radical (unpaired) electrons. The summed E-state index contributed by atoms with van der Waals surface area (Å²) in [5, 5.41) is 6.22. The molecular formula is C21H17F3N2OS. The fourth-order valence-electron chi connectivity index (χ4n) is 2.70. The Morgan fingerprint density at radius 2 is 1.43 bits per heavy atom. The summed E-state index contributed by atoms with van der Waals surface area (Å²) in [6.07, 6.45) is 0. The average Bonchev–Trinajstić information content (AvgIpc) is 2.69. The van der Waals surface area contributed by atoms with Crippen molar-refractivity contribution >= 4 is 23.0 Å². The van der Waals surface area contributed by atoms with Crippen LogP contribution in [0.4, 0.5) is 18.9 Å². The van der Waals surface area contributed by atoms with Crippen LogP contribution in [-0.4, -0.2) is 11.7 Å². The zero-order valence-corrected chi connectivity index (χ0v) is 15.4. The zero-order chi connectivity index (χ0) is 19.9. The Hall–Kier alpha value is -3.06. The SMILES string of the molecule is Fc1ccccc1NC(=S)N[C@@H](c1ccccc1)c1ccc(OC(F)F)cc1. The highest BCUT2D eigenvalue weighted by Gasteiger charge is 2.16. The molecule has 0 saturated carbocycles. The van der Waals surface area contributed by atoms with Gasteiger partial charge in [-0.3, -0.25) is 0 Å². The summed E-state index contributed by atoms with van der Waals surface area (Å²) in [6.45, 7) is -2.88. The van der Waals surface area contributed by atoms with Crippen LogP contribution < -0.4 is 15.4 Å². The highest BCUT2D eigenvalue weighted by molar-refractivity contribution is 7.80. The van der Waals surface area contributed by atoms with Crippen LogP contribution in [0.5, 0.6) is 5.75 Å². The first-order valence-electron chi connectivity index (χ1n) is 8.44. The van der Waals surface area contributed by atoms with Crippen LogP contribution in [0.2, 0.25) is 0 Å². The molecule has 0 amide bonds. The van der Waals surface area contributed by atoms with Crippen LogP contribution in [0.1, 0.15) is 17.2 Å². The number of hydrogen-bond acceptors (Lipinski definition) is 2. The summed E-state index contributed by atoms with van der Waals surface area (Å²) in [4.78, 5) is 0. The third-order valence-electron chi connectivity index (χ3n) is 3.97. The van der Waals surface area contributed by atoms with E-state index in [4.69, 9.17) is 12.2 Å². The fourth-order valence-corrected chi connectivity index (χ4v) is 2.93. The second-order valence-corrected chi connectivity index (χ2v) is 6.28. The lowest BCUT2D eigenvalue weighted by molar-refractivity contribution is -0.0498. The minimum absolute atomic E-state index is 0.0672. The van der Waals surface area contributed by atoms with E-state index in [9.17, 15) is 13.2 Å². The molecule has 1 atom stereocenters. The molecular weight excluding hydrogens is 385 g/mol. The van der Waals surface area contributed by atoms with Crippen molar-refractivity contribution in [1.29, 1.82) is 0 Å². The van der Waals surface area contributed by atoms with Gasteiger partial charge in [0.25, 0.3) is 0 Å². The number of alkyl halides is 2. The Morgan fingerprint density at radius 3 is 2.07 bits per heavy atom. The summed E-state index contributed by atoms with van der Waals surface area (Å²) in [7, 11) is 0. The van der Waals surface area contributed by atoms with Crippen LogP contribution in [0.25, 0.3) is 0 Å². The number of benzene rings is 3. The van der Waals surface area contributed by atoms with Crippen molar-refractivity contribution in [3.8, 4) is 5.75 Å². The van der Waals surface area contributed by atoms with Crippen LogP contribution in [0.15, 0.2) is 78.9 Å². The van der Waals surface area contributed by atoms with Crippen LogP contribution >= 0.6 is 12.2 Å². The predicted octanol–water partition coefficient (Wildman–Crippen LogP) is 5.50. The molecule has 0 fully saturated rings. The maximum Gasteiger partial charge on any atom is 0.387 e. The normalized spacial score (nSPS) is 11.7. The van der Waals surface area contributed by atoms with Crippen LogP contribution in [-0.2, 0) is 0 Å². The molecule has 0 aromatic heterocycles. The third kappa shape index (κ3) is 5.23. The Kier molecular flexibility index (Phi) is 6.49. The number of halogens is 3. The molecule has 0 aliphatic carbocycles. The summed E-state index contributed by atoms with van der Waals surface area (Å²) in [5.74, 6) is -0.353. The van der Waals surface area contributed by atoms with Gasteiger partial charge in [-0.1, -0.05) is 54.6 Å². The molecule has 7 heteroatoms. The van der Waals surface area contributed by atoms with Crippen LogP contribution in [0.3, 0.4) is 0 Å².